The van der Waals surface area contributed by atoms with Gasteiger partial charge in [0.2, 0.25) is 0 Å². The van der Waals surface area contributed by atoms with Gasteiger partial charge in [-0.15, -0.1) is 0 Å². The average molecular weight is 395 g/mol. The molecule has 0 radical (unpaired) electrons. The van der Waals surface area contributed by atoms with Crippen molar-refractivity contribution in [2.24, 2.45) is 0 Å². The molecular weight excluding hydrogens is 379 g/mol. The van der Waals surface area contributed by atoms with Crippen LogP contribution in [0.1, 0.15) is 6.42 Å². The summed E-state index contributed by atoms with van der Waals surface area (Å²) in [4.78, 5) is 23.9. The highest BCUT2D eigenvalue weighted by atomic mass is 35.5. The fourth-order valence-corrected chi connectivity index (χ4v) is 2.88. The van der Waals surface area contributed by atoms with Crippen molar-refractivity contribution in [1.29, 1.82) is 0 Å². The maximum absolute atomic E-state index is 12.0. The second-order valence-electron chi connectivity index (χ2n) is 5.59. The summed E-state index contributed by atoms with van der Waals surface area (Å²) in [6.07, 6.45) is -0.315. The van der Waals surface area contributed by atoms with Crippen LogP contribution in [0.2, 0.25) is 10.0 Å². The van der Waals surface area contributed by atoms with Gasteiger partial charge in [-0.1, -0.05) is 35.3 Å². The van der Waals surface area contributed by atoms with Gasteiger partial charge in [-0.2, -0.15) is 0 Å². The molecule has 1 aliphatic heterocycles. The quantitative estimate of drug-likeness (QED) is 0.787. The SMILES string of the molecule is O=C(COc1ccc(Cl)cc1Cl)NCCC1Oc2ccccc2NC1=O. The van der Waals surface area contributed by atoms with Gasteiger partial charge in [0.1, 0.15) is 11.5 Å². The van der Waals surface area contributed by atoms with Crippen LogP contribution >= 0.6 is 23.2 Å². The zero-order chi connectivity index (χ0) is 18.5. The largest absolute Gasteiger partial charge is 0.482 e. The Morgan fingerprint density at radius 1 is 1.23 bits per heavy atom. The number of ether oxygens (including phenoxy) is 2. The molecule has 0 fully saturated rings. The Bertz CT molecular complexity index is 829. The molecule has 2 aromatic rings. The molecule has 0 aliphatic carbocycles. The molecule has 0 aromatic heterocycles. The summed E-state index contributed by atoms with van der Waals surface area (Å²) in [5, 5.41) is 6.28. The lowest BCUT2D eigenvalue weighted by atomic mass is 10.1. The highest BCUT2D eigenvalue weighted by Gasteiger charge is 2.26. The van der Waals surface area contributed by atoms with Crippen molar-refractivity contribution < 1.29 is 19.1 Å². The van der Waals surface area contributed by atoms with Gasteiger partial charge in [-0.25, -0.2) is 0 Å². The zero-order valence-corrected chi connectivity index (χ0v) is 15.1. The van der Waals surface area contributed by atoms with Crippen molar-refractivity contribution in [2.45, 2.75) is 12.5 Å². The molecule has 3 rings (SSSR count). The molecule has 2 N–H and O–H groups in total. The number of nitrogens with one attached hydrogen (secondary N) is 2. The first-order valence-electron chi connectivity index (χ1n) is 7.94. The summed E-state index contributed by atoms with van der Waals surface area (Å²) in [5.74, 6) is 0.428. The zero-order valence-electron chi connectivity index (χ0n) is 13.6. The third kappa shape index (κ3) is 4.59. The Kier molecular flexibility index (Phi) is 5.85. The lowest BCUT2D eigenvalue weighted by Crippen LogP contribution is -2.40. The minimum absolute atomic E-state index is 0.193. The van der Waals surface area contributed by atoms with E-state index in [-0.39, 0.29) is 25.0 Å². The van der Waals surface area contributed by atoms with Gasteiger partial charge in [0, 0.05) is 18.0 Å². The number of halogens is 2. The fraction of sp³-hybridized carbons (Fsp3) is 0.222. The van der Waals surface area contributed by atoms with E-state index in [1.165, 1.54) is 6.07 Å². The maximum atomic E-state index is 12.0. The van der Waals surface area contributed by atoms with E-state index in [0.717, 1.165) is 0 Å². The molecule has 1 atom stereocenters. The smallest absolute Gasteiger partial charge is 0.265 e. The van der Waals surface area contributed by atoms with Crippen LogP contribution < -0.4 is 20.1 Å². The Morgan fingerprint density at radius 2 is 2.04 bits per heavy atom. The first-order valence-corrected chi connectivity index (χ1v) is 8.69. The van der Waals surface area contributed by atoms with Gasteiger partial charge in [0.25, 0.3) is 11.8 Å². The topological polar surface area (TPSA) is 76.7 Å². The molecule has 0 bridgehead atoms. The van der Waals surface area contributed by atoms with Crippen LogP contribution in [0.5, 0.6) is 11.5 Å². The van der Waals surface area contributed by atoms with E-state index < -0.39 is 6.10 Å². The Labute approximate surface area is 160 Å². The standard InChI is InChI=1S/C18H16Cl2N2O4/c19-11-5-6-14(12(20)9-11)25-10-17(23)21-8-7-16-18(24)22-13-3-1-2-4-15(13)26-16/h1-6,9,16H,7-8,10H2,(H,21,23)(H,22,24). The summed E-state index contributed by atoms with van der Waals surface area (Å²) >= 11 is 11.8. The molecule has 0 saturated carbocycles. The predicted molar refractivity (Wildman–Crippen MR) is 99.1 cm³/mol. The van der Waals surface area contributed by atoms with E-state index in [9.17, 15) is 9.59 Å². The highest BCUT2D eigenvalue weighted by molar-refractivity contribution is 6.35. The van der Waals surface area contributed by atoms with Gasteiger partial charge in [0.15, 0.2) is 12.7 Å². The lowest BCUT2D eigenvalue weighted by molar-refractivity contribution is -0.125. The van der Waals surface area contributed by atoms with Gasteiger partial charge in [-0.3, -0.25) is 9.59 Å². The Hall–Kier alpha value is -2.44. The lowest BCUT2D eigenvalue weighted by Gasteiger charge is -2.25. The van der Waals surface area contributed by atoms with Crippen LogP contribution in [0.15, 0.2) is 42.5 Å². The average Bonchev–Trinajstić information content (AvgIpc) is 2.61. The third-order valence-electron chi connectivity index (χ3n) is 3.69. The van der Waals surface area contributed by atoms with Gasteiger partial charge >= 0.3 is 0 Å². The number of hydrogen-bond donors (Lipinski definition) is 2. The van der Waals surface area contributed by atoms with Crippen molar-refractivity contribution in [1.82, 2.24) is 5.32 Å². The Morgan fingerprint density at radius 3 is 2.85 bits per heavy atom. The molecule has 8 heteroatoms. The van der Waals surface area contributed by atoms with Crippen molar-refractivity contribution in [2.75, 3.05) is 18.5 Å². The van der Waals surface area contributed by atoms with Crippen LogP contribution in [0.25, 0.3) is 0 Å². The van der Waals surface area contributed by atoms with Crippen molar-refractivity contribution in [3.63, 3.8) is 0 Å². The van der Waals surface area contributed by atoms with Crippen LogP contribution in [0.4, 0.5) is 5.69 Å². The number of carbonyl (C=O) groups is 2. The first-order chi connectivity index (χ1) is 12.5. The van der Waals surface area contributed by atoms with E-state index in [1.54, 1.807) is 24.3 Å². The number of amides is 2. The van der Waals surface area contributed by atoms with E-state index in [4.69, 9.17) is 32.7 Å². The summed E-state index contributed by atoms with van der Waals surface area (Å²) in [5.41, 5.74) is 0.644. The monoisotopic (exact) mass is 394 g/mol. The van der Waals surface area contributed by atoms with Crippen molar-refractivity contribution >= 4 is 40.7 Å². The molecule has 0 spiro atoms. The summed E-state index contributed by atoms with van der Waals surface area (Å²) < 4.78 is 11.0. The number of hydrogen-bond acceptors (Lipinski definition) is 4. The molecule has 2 aromatic carbocycles. The van der Waals surface area contributed by atoms with E-state index in [0.29, 0.717) is 33.7 Å². The van der Waals surface area contributed by atoms with Crippen molar-refractivity contribution in [3.8, 4) is 11.5 Å². The summed E-state index contributed by atoms with van der Waals surface area (Å²) in [6.45, 7) is 0.0820. The molecule has 1 heterocycles. The molecule has 136 valence electrons. The van der Waals surface area contributed by atoms with E-state index in [1.807, 2.05) is 12.1 Å². The third-order valence-corrected chi connectivity index (χ3v) is 4.22. The molecule has 1 aliphatic rings. The van der Waals surface area contributed by atoms with Gasteiger partial charge < -0.3 is 20.1 Å². The number of para-hydroxylation sites is 2. The van der Waals surface area contributed by atoms with Crippen LogP contribution in [0, 0.1) is 0 Å². The van der Waals surface area contributed by atoms with Crippen LogP contribution in [-0.4, -0.2) is 31.1 Å². The highest BCUT2D eigenvalue weighted by Crippen LogP contribution is 2.29. The maximum Gasteiger partial charge on any atom is 0.265 e. The second kappa shape index (κ2) is 8.29. The van der Waals surface area contributed by atoms with Gasteiger partial charge in [-0.05, 0) is 30.3 Å². The molecular formula is C18H16Cl2N2O4. The predicted octanol–water partition coefficient (Wildman–Crippen LogP) is 3.28. The molecule has 2 amide bonds. The number of fused-ring (bicyclic) bond motifs is 1. The molecule has 26 heavy (non-hydrogen) atoms. The minimum atomic E-state index is -0.656. The Balaban J connectivity index is 1.43. The van der Waals surface area contributed by atoms with Crippen molar-refractivity contribution in [3.05, 3.63) is 52.5 Å². The molecule has 0 saturated heterocycles. The number of carbonyl (C=O) groups excluding carboxylic acids is 2. The van der Waals surface area contributed by atoms with E-state index >= 15 is 0 Å². The number of rotatable bonds is 6. The fourth-order valence-electron chi connectivity index (χ4n) is 2.41. The normalized spacial score (nSPS) is 15.5. The van der Waals surface area contributed by atoms with Crippen LogP contribution in [0.3, 0.4) is 0 Å². The number of anilines is 1. The summed E-state index contributed by atoms with van der Waals surface area (Å²) in [6, 6.07) is 11.9. The minimum Gasteiger partial charge on any atom is -0.482 e. The molecule has 6 nitrogen and oxygen atoms in total. The van der Waals surface area contributed by atoms with E-state index in [2.05, 4.69) is 10.6 Å². The second-order valence-corrected chi connectivity index (χ2v) is 6.44. The molecule has 1 unspecified atom stereocenters. The summed E-state index contributed by atoms with van der Waals surface area (Å²) in [7, 11) is 0. The first kappa shape index (κ1) is 18.4. The van der Waals surface area contributed by atoms with Gasteiger partial charge in [0.05, 0.1) is 10.7 Å². The number of benzene rings is 2. The van der Waals surface area contributed by atoms with Crippen LogP contribution in [-0.2, 0) is 9.59 Å².